The van der Waals surface area contributed by atoms with Crippen LogP contribution in [0.4, 0.5) is 0 Å². The van der Waals surface area contributed by atoms with Crippen molar-refractivity contribution in [3.05, 3.63) is 87.4 Å². The number of carbonyl (C=O) groups excluding carboxylic acids is 1. The van der Waals surface area contributed by atoms with Gasteiger partial charge >= 0.3 is 0 Å². The van der Waals surface area contributed by atoms with Gasteiger partial charge in [0.2, 0.25) is 5.43 Å². The van der Waals surface area contributed by atoms with E-state index in [2.05, 4.69) is 51.7 Å². The van der Waals surface area contributed by atoms with Crippen LogP contribution in [-0.4, -0.2) is 28.0 Å². The Kier molecular flexibility index (Phi) is 4.98. The highest BCUT2D eigenvalue weighted by atomic mass is 16.2. The minimum atomic E-state index is -0.366. The summed E-state index contributed by atoms with van der Waals surface area (Å²) in [6.07, 6.45) is 6.13. The molecular formula is C26H24N4O2. The number of nitrogens with zero attached hydrogens (tertiary/aromatic N) is 2. The van der Waals surface area contributed by atoms with Gasteiger partial charge in [0.1, 0.15) is 11.1 Å². The van der Waals surface area contributed by atoms with Crippen molar-refractivity contribution in [2.45, 2.75) is 26.3 Å². The molecule has 2 N–H and O–H groups in total. The number of amides is 1. The Morgan fingerprint density at radius 3 is 2.81 bits per heavy atom. The first-order chi connectivity index (χ1) is 15.5. The third-order valence-corrected chi connectivity index (χ3v) is 5.63. The Bertz CT molecular complexity index is 1530. The normalized spacial score (nSPS) is 12.8. The first kappa shape index (κ1) is 20.0. The van der Waals surface area contributed by atoms with Crippen molar-refractivity contribution in [3.8, 4) is 16.8 Å². The van der Waals surface area contributed by atoms with E-state index in [9.17, 15) is 9.59 Å². The average Bonchev–Trinajstić information content (AvgIpc) is 3.27. The van der Waals surface area contributed by atoms with Crippen LogP contribution >= 0.6 is 0 Å². The summed E-state index contributed by atoms with van der Waals surface area (Å²) >= 11 is 0. The molecule has 0 radical (unpaired) electrons. The van der Waals surface area contributed by atoms with Crippen LogP contribution in [0.5, 0.6) is 0 Å². The zero-order valence-corrected chi connectivity index (χ0v) is 18.1. The van der Waals surface area contributed by atoms with Crippen molar-refractivity contribution in [1.82, 2.24) is 14.9 Å². The topological polar surface area (TPSA) is 79.2 Å². The Hall–Kier alpha value is -3.93. The van der Waals surface area contributed by atoms with Gasteiger partial charge in [-0.15, -0.1) is 0 Å². The molecule has 0 aliphatic carbocycles. The molecule has 0 fully saturated rings. The predicted octanol–water partition coefficient (Wildman–Crippen LogP) is 2.93. The van der Waals surface area contributed by atoms with Crippen LogP contribution in [0.25, 0.3) is 33.8 Å². The smallest absolute Gasteiger partial charge is 0.256 e. The van der Waals surface area contributed by atoms with E-state index in [-0.39, 0.29) is 22.9 Å². The predicted molar refractivity (Wildman–Crippen MR) is 127 cm³/mol. The van der Waals surface area contributed by atoms with Gasteiger partial charge in [0.15, 0.2) is 0 Å². The maximum Gasteiger partial charge on any atom is 0.256 e. The number of nitrogens with one attached hydrogen (secondary N) is 2. The second-order valence-corrected chi connectivity index (χ2v) is 8.31. The zero-order chi connectivity index (χ0) is 22.2. The van der Waals surface area contributed by atoms with Gasteiger partial charge in [-0.3, -0.25) is 14.6 Å². The Morgan fingerprint density at radius 2 is 1.97 bits per heavy atom. The molecule has 0 saturated carbocycles. The summed E-state index contributed by atoms with van der Waals surface area (Å²) in [7, 11) is 0. The Morgan fingerprint density at radius 1 is 1.12 bits per heavy atom. The molecule has 1 aliphatic heterocycles. The molecule has 2 aromatic heterocycles. The van der Waals surface area contributed by atoms with E-state index in [4.69, 9.17) is 0 Å². The number of rotatable bonds is 4. The molecule has 5 rings (SSSR count). The number of hydrogen-bond acceptors (Lipinski definition) is 3. The van der Waals surface area contributed by atoms with Crippen LogP contribution < -0.4 is 21.5 Å². The van der Waals surface area contributed by atoms with Gasteiger partial charge in [-0.2, -0.15) is 0 Å². The van der Waals surface area contributed by atoms with Crippen molar-refractivity contribution in [3.63, 3.8) is 0 Å². The molecule has 2 aromatic carbocycles. The van der Waals surface area contributed by atoms with Crippen molar-refractivity contribution in [1.29, 1.82) is 0 Å². The number of benzene rings is 2. The number of carbonyl (C=O) groups is 1. The van der Waals surface area contributed by atoms with E-state index >= 15 is 0 Å². The number of pyridine rings is 1. The van der Waals surface area contributed by atoms with Crippen LogP contribution in [-0.2, 0) is 0 Å². The summed E-state index contributed by atoms with van der Waals surface area (Å²) in [4.78, 5) is 33.6. The first-order valence-electron chi connectivity index (χ1n) is 10.8. The van der Waals surface area contributed by atoms with E-state index in [1.807, 2.05) is 42.8 Å². The molecule has 0 atom stereocenters. The minimum absolute atomic E-state index is 0.0632. The van der Waals surface area contributed by atoms with Crippen LogP contribution in [0.3, 0.4) is 0 Å². The molecule has 1 aliphatic rings. The number of fused-ring (bicyclic) bond motifs is 2. The van der Waals surface area contributed by atoms with Gasteiger partial charge in [-0.25, -0.2) is 0 Å². The van der Waals surface area contributed by atoms with Crippen molar-refractivity contribution < 1.29 is 4.79 Å². The summed E-state index contributed by atoms with van der Waals surface area (Å²) in [5.41, 5.74) is 4.54. The van der Waals surface area contributed by atoms with Crippen LogP contribution in [0.2, 0.25) is 0 Å². The van der Waals surface area contributed by atoms with E-state index in [1.54, 1.807) is 6.20 Å². The van der Waals surface area contributed by atoms with Crippen molar-refractivity contribution in [2.75, 3.05) is 6.54 Å². The lowest BCUT2D eigenvalue weighted by Crippen LogP contribution is -2.50. The molecule has 0 unspecified atom stereocenters. The monoisotopic (exact) mass is 424 g/mol. The summed E-state index contributed by atoms with van der Waals surface area (Å²) in [5.74, 6) is -0.366. The summed E-state index contributed by atoms with van der Waals surface area (Å²) in [5, 5.41) is 4.47. The number of aromatic amines is 1. The maximum absolute atomic E-state index is 13.0. The average molecular weight is 425 g/mol. The molecular weight excluding hydrogens is 400 g/mol. The van der Waals surface area contributed by atoms with E-state index in [0.717, 1.165) is 27.7 Å². The quantitative estimate of drug-likeness (QED) is 0.528. The summed E-state index contributed by atoms with van der Waals surface area (Å²) < 4.78 is 1.86. The van der Waals surface area contributed by atoms with Crippen LogP contribution in [0.1, 0.15) is 30.6 Å². The van der Waals surface area contributed by atoms with Gasteiger partial charge in [0.25, 0.3) is 5.91 Å². The standard InChI is InChI=1S/C26H24N4O2/c1-16(2)29-26(32)22-15-30(25-21(24(22)31)7-4-11-28-25)20-6-3-5-17(14-20)18-8-9-23-19(13-18)10-12-27-23/h3,5-10,12-16,27H,4,11H2,1-2H3,(H,29,32). The molecule has 32 heavy (non-hydrogen) atoms. The Balaban J connectivity index is 1.69. The minimum Gasteiger partial charge on any atom is -0.361 e. The third-order valence-electron chi connectivity index (χ3n) is 5.63. The molecule has 0 bridgehead atoms. The molecule has 1 amide bonds. The number of aromatic nitrogens is 2. The lowest BCUT2D eigenvalue weighted by atomic mass is 10.0. The largest absolute Gasteiger partial charge is 0.361 e. The molecule has 6 nitrogen and oxygen atoms in total. The maximum atomic E-state index is 13.0. The molecule has 3 heterocycles. The summed E-state index contributed by atoms with van der Waals surface area (Å²) in [6, 6.07) is 16.4. The number of H-pyrrole nitrogens is 1. The lowest BCUT2D eigenvalue weighted by molar-refractivity contribution is 0.0941. The Labute approximate surface area is 184 Å². The zero-order valence-electron chi connectivity index (χ0n) is 18.1. The van der Waals surface area contributed by atoms with E-state index in [0.29, 0.717) is 23.7 Å². The van der Waals surface area contributed by atoms with Gasteiger partial charge < -0.3 is 14.9 Å². The van der Waals surface area contributed by atoms with E-state index < -0.39 is 0 Å². The molecule has 4 aromatic rings. The molecule has 0 spiro atoms. The lowest BCUT2D eigenvalue weighted by Gasteiger charge is -2.15. The summed E-state index contributed by atoms with van der Waals surface area (Å²) in [6.45, 7) is 4.37. The number of hydrogen-bond donors (Lipinski definition) is 2. The fourth-order valence-electron chi connectivity index (χ4n) is 4.12. The fourth-order valence-corrected chi connectivity index (χ4v) is 4.12. The third kappa shape index (κ3) is 3.54. The second-order valence-electron chi connectivity index (χ2n) is 8.31. The van der Waals surface area contributed by atoms with Crippen LogP contribution in [0, 0.1) is 0 Å². The van der Waals surface area contributed by atoms with Crippen molar-refractivity contribution >= 4 is 22.9 Å². The highest BCUT2D eigenvalue weighted by Crippen LogP contribution is 2.25. The van der Waals surface area contributed by atoms with E-state index in [1.165, 1.54) is 0 Å². The van der Waals surface area contributed by atoms with Gasteiger partial charge in [0, 0.05) is 36.2 Å². The SMILES string of the molecule is CC(C)NC(=O)c1cn(-c2cccc(-c3ccc4[nH]ccc4c3)c2)c2c(c1=O)=CCCN=2. The highest BCUT2D eigenvalue weighted by Gasteiger charge is 2.17. The second kappa shape index (κ2) is 7.96. The molecule has 0 saturated heterocycles. The van der Waals surface area contributed by atoms with Crippen molar-refractivity contribution in [2.24, 2.45) is 4.99 Å². The first-order valence-corrected chi connectivity index (χ1v) is 10.8. The highest BCUT2D eigenvalue weighted by molar-refractivity contribution is 5.94. The van der Waals surface area contributed by atoms with Crippen LogP contribution in [0.15, 0.2) is 70.7 Å². The van der Waals surface area contributed by atoms with Gasteiger partial charge in [-0.1, -0.05) is 24.3 Å². The molecule has 160 valence electrons. The van der Waals surface area contributed by atoms with Gasteiger partial charge in [0.05, 0.1) is 5.22 Å². The van der Waals surface area contributed by atoms with Gasteiger partial charge in [-0.05, 0) is 67.1 Å². The molecule has 6 heteroatoms. The fraction of sp³-hybridized carbons (Fsp3) is 0.192.